The first kappa shape index (κ1) is 18.3. The van der Waals surface area contributed by atoms with Gasteiger partial charge in [0.1, 0.15) is 17.0 Å². The number of aromatic amines is 1. The first-order valence-corrected chi connectivity index (χ1v) is 10.9. The molecule has 1 fully saturated rings. The second-order valence-electron chi connectivity index (χ2n) is 8.27. The van der Waals surface area contributed by atoms with E-state index in [0.29, 0.717) is 6.04 Å². The minimum absolute atomic E-state index is 0.396. The van der Waals surface area contributed by atoms with Crippen molar-refractivity contribution in [2.24, 2.45) is 0 Å². The maximum absolute atomic E-state index is 5.01. The standard InChI is InChI=1S/C25H24N6/c1-2-5-18(6-3-1)17-30-13-9-20(10-14-30)31-23-21-8-12-27-24(21)28-16-22(23)29-25(31)19-7-4-11-26-15-19/h1-8,11-12,15-16,20H,9-10,13-14,17H2,(H,27,28). The van der Waals surface area contributed by atoms with Crippen LogP contribution in [0, 0.1) is 0 Å². The number of benzene rings is 1. The highest BCUT2D eigenvalue weighted by Crippen LogP contribution is 2.35. The average Bonchev–Trinajstić information content (AvgIpc) is 3.45. The zero-order chi connectivity index (χ0) is 20.6. The van der Waals surface area contributed by atoms with Crippen LogP contribution in [0.5, 0.6) is 0 Å². The molecular weight excluding hydrogens is 384 g/mol. The van der Waals surface area contributed by atoms with Crippen molar-refractivity contribution < 1.29 is 0 Å². The number of likely N-dealkylation sites (tertiary alicyclic amines) is 1. The summed E-state index contributed by atoms with van der Waals surface area (Å²) in [5.74, 6) is 0.986. The molecule has 6 nitrogen and oxygen atoms in total. The first-order chi connectivity index (χ1) is 15.4. The Hall–Kier alpha value is -3.51. The van der Waals surface area contributed by atoms with Gasteiger partial charge in [0.25, 0.3) is 0 Å². The fraction of sp³-hybridized carbons (Fsp3) is 0.240. The molecule has 154 valence electrons. The van der Waals surface area contributed by atoms with Crippen LogP contribution >= 0.6 is 0 Å². The molecule has 4 aromatic heterocycles. The Morgan fingerprint density at radius 2 is 1.84 bits per heavy atom. The second kappa shape index (κ2) is 7.63. The molecule has 6 rings (SSSR count). The Bertz CT molecular complexity index is 1310. The third-order valence-corrected chi connectivity index (χ3v) is 6.33. The summed E-state index contributed by atoms with van der Waals surface area (Å²) in [5, 5.41) is 1.13. The van der Waals surface area contributed by atoms with Crippen molar-refractivity contribution in [2.45, 2.75) is 25.4 Å². The third kappa shape index (κ3) is 3.29. The van der Waals surface area contributed by atoms with Crippen molar-refractivity contribution in [2.75, 3.05) is 13.1 Å². The molecule has 6 heteroatoms. The summed E-state index contributed by atoms with van der Waals surface area (Å²) >= 11 is 0. The van der Waals surface area contributed by atoms with Crippen molar-refractivity contribution in [3.63, 3.8) is 0 Å². The van der Waals surface area contributed by atoms with E-state index in [9.17, 15) is 0 Å². The van der Waals surface area contributed by atoms with E-state index in [1.807, 2.05) is 30.9 Å². The van der Waals surface area contributed by atoms with E-state index in [0.717, 1.165) is 60.4 Å². The summed E-state index contributed by atoms with van der Waals surface area (Å²) in [5.41, 5.74) is 5.46. The second-order valence-corrected chi connectivity index (χ2v) is 8.27. The van der Waals surface area contributed by atoms with Gasteiger partial charge in [-0.1, -0.05) is 30.3 Å². The SMILES string of the molecule is c1ccc(CN2CCC(n3c(-c4cccnc4)nc4cnc5[nH]ccc5c43)CC2)cc1. The smallest absolute Gasteiger partial charge is 0.143 e. The van der Waals surface area contributed by atoms with Gasteiger partial charge in [-0.15, -0.1) is 0 Å². The lowest BCUT2D eigenvalue weighted by molar-refractivity contribution is 0.182. The zero-order valence-corrected chi connectivity index (χ0v) is 17.3. The highest BCUT2D eigenvalue weighted by Gasteiger charge is 2.26. The van der Waals surface area contributed by atoms with Crippen molar-refractivity contribution in [1.29, 1.82) is 0 Å². The van der Waals surface area contributed by atoms with E-state index in [-0.39, 0.29) is 0 Å². The van der Waals surface area contributed by atoms with Gasteiger partial charge in [-0.2, -0.15) is 0 Å². The summed E-state index contributed by atoms with van der Waals surface area (Å²) < 4.78 is 2.45. The van der Waals surface area contributed by atoms with Gasteiger partial charge in [0.15, 0.2) is 0 Å². The number of H-pyrrole nitrogens is 1. The van der Waals surface area contributed by atoms with Crippen LogP contribution in [0.2, 0.25) is 0 Å². The van der Waals surface area contributed by atoms with Gasteiger partial charge in [-0.3, -0.25) is 9.88 Å². The number of pyridine rings is 2. The van der Waals surface area contributed by atoms with Crippen molar-refractivity contribution >= 4 is 22.1 Å². The predicted molar refractivity (Wildman–Crippen MR) is 123 cm³/mol. The predicted octanol–water partition coefficient (Wildman–Crippen LogP) is 4.81. The molecule has 1 N–H and O–H groups in total. The highest BCUT2D eigenvalue weighted by molar-refractivity contribution is 6.02. The van der Waals surface area contributed by atoms with Crippen LogP contribution in [-0.4, -0.2) is 42.5 Å². The van der Waals surface area contributed by atoms with E-state index >= 15 is 0 Å². The van der Waals surface area contributed by atoms with Crippen LogP contribution in [-0.2, 0) is 6.54 Å². The molecule has 1 aromatic carbocycles. The molecule has 31 heavy (non-hydrogen) atoms. The number of nitrogens with one attached hydrogen (secondary N) is 1. The van der Waals surface area contributed by atoms with E-state index in [1.54, 1.807) is 0 Å². The number of hydrogen-bond donors (Lipinski definition) is 1. The van der Waals surface area contributed by atoms with E-state index in [2.05, 4.69) is 66.9 Å². The number of nitrogens with zero attached hydrogens (tertiary/aromatic N) is 5. The Morgan fingerprint density at radius 3 is 2.65 bits per heavy atom. The Balaban J connectivity index is 1.38. The van der Waals surface area contributed by atoms with Crippen LogP contribution < -0.4 is 0 Å². The van der Waals surface area contributed by atoms with Crippen LogP contribution in [0.3, 0.4) is 0 Å². The Morgan fingerprint density at radius 1 is 0.968 bits per heavy atom. The third-order valence-electron chi connectivity index (χ3n) is 6.33. The number of hydrogen-bond acceptors (Lipinski definition) is 4. The van der Waals surface area contributed by atoms with Gasteiger partial charge in [-0.05, 0) is 36.6 Å². The lowest BCUT2D eigenvalue weighted by Gasteiger charge is -2.33. The first-order valence-electron chi connectivity index (χ1n) is 10.9. The van der Waals surface area contributed by atoms with Gasteiger partial charge in [0.2, 0.25) is 0 Å². The topological polar surface area (TPSA) is 62.6 Å². The lowest BCUT2D eigenvalue weighted by atomic mass is 10.0. The van der Waals surface area contributed by atoms with E-state index in [4.69, 9.17) is 4.98 Å². The van der Waals surface area contributed by atoms with Gasteiger partial charge in [0.05, 0.1) is 11.7 Å². The minimum atomic E-state index is 0.396. The maximum Gasteiger partial charge on any atom is 0.143 e. The maximum atomic E-state index is 5.01. The molecule has 0 aliphatic carbocycles. The molecule has 0 saturated carbocycles. The largest absolute Gasteiger partial charge is 0.346 e. The molecule has 0 atom stereocenters. The summed E-state index contributed by atoms with van der Waals surface area (Å²) in [7, 11) is 0. The molecule has 0 unspecified atom stereocenters. The number of piperidine rings is 1. The average molecular weight is 409 g/mol. The molecule has 1 aliphatic rings. The summed E-state index contributed by atoms with van der Waals surface area (Å²) in [6.45, 7) is 3.17. The van der Waals surface area contributed by atoms with Crippen molar-refractivity contribution in [3.8, 4) is 11.4 Å². The van der Waals surface area contributed by atoms with Gasteiger partial charge in [-0.25, -0.2) is 9.97 Å². The molecule has 5 aromatic rings. The zero-order valence-electron chi connectivity index (χ0n) is 17.3. The number of imidazole rings is 1. The molecule has 0 bridgehead atoms. The van der Waals surface area contributed by atoms with Crippen LogP contribution in [0.15, 0.2) is 73.3 Å². The molecule has 5 heterocycles. The molecular formula is C25H24N6. The summed E-state index contributed by atoms with van der Waals surface area (Å²) in [6.07, 6.45) is 9.75. The number of rotatable bonds is 4. The van der Waals surface area contributed by atoms with E-state index in [1.165, 1.54) is 11.1 Å². The molecule has 0 spiro atoms. The van der Waals surface area contributed by atoms with Crippen LogP contribution in [0.25, 0.3) is 33.5 Å². The molecule has 1 aliphatic heterocycles. The van der Waals surface area contributed by atoms with Crippen molar-refractivity contribution in [1.82, 2.24) is 29.4 Å². The molecule has 0 amide bonds. The quantitative estimate of drug-likeness (QED) is 0.463. The fourth-order valence-electron chi connectivity index (χ4n) is 4.82. The van der Waals surface area contributed by atoms with Gasteiger partial charge in [0, 0.05) is 55.2 Å². The van der Waals surface area contributed by atoms with Crippen LogP contribution in [0.1, 0.15) is 24.4 Å². The molecule has 0 radical (unpaired) electrons. The fourth-order valence-corrected chi connectivity index (χ4v) is 4.82. The van der Waals surface area contributed by atoms with Gasteiger partial charge < -0.3 is 9.55 Å². The Kier molecular flexibility index (Phi) is 4.50. The molecule has 1 saturated heterocycles. The summed E-state index contributed by atoms with van der Waals surface area (Å²) in [6, 6.07) is 17.3. The van der Waals surface area contributed by atoms with Crippen molar-refractivity contribution in [3.05, 3.63) is 78.9 Å². The van der Waals surface area contributed by atoms with Gasteiger partial charge >= 0.3 is 0 Å². The van der Waals surface area contributed by atoms with E-state index < -0.39 is 0 Å². The Labute approximate surface area is 180 Å². The lowest BCUT2D eigenvalue weighted by Crippen LogP contribution is -2.34. The normalized spacial score (nSPS) is 15.7. The highest BCUT2D eigenvalue weighted by atomic mass is 15.2. The number of aromatic nitrogens is 5. The summed E-state index contributed by atoms with van der Waals surface area (Å²) in [4.78, 5) is 19.7. The number of fused-ring (bicyclic) bond motifs is 3. The van der Waals surface area contributed by atoms with Crippen LogP contribution in [0.4, 0.5) is 0 Å². The monoisotopic (exact) mass is 408 g/mol. The minimum Gasteiger partial charge on any atom is -0.346 e.